The highest BCUT2D eigenvalue weighted by Crippen LogP contribution is 2.18. The maximum atomic E-state index is 12.4. The van der Waals surface area contributed by atoms with Gasteiger partial charge in [0.25, 0.3) is 0 Å². The summed E-state index contributed by atoms with van der Waals surface area (Å²) in [6.45, 7) is 5.71. The molecule has 0 aliphatic carbocycles. The van der Waals surface area contributed by atoms with Crippen LogP contribution in [0.3, 0.4) is 0 Å². The van der Waals surface area contributed by atoms with Crippen molar-refractivity contribution in [3.8, 4) is 0 Å². The van der Waals surface area contributed by atoms with Gasteiger partial charge in [-0.1, -0.05) is 154 Å². The normalized spacial score (nSPS) is 11.9. The quantitative estimate of drug-likeness (QED) is 0.0197. The molecule has 0 aromatic carbocycles. The molecule has 0 heterocycles. The Bertz CT molecular complexity index is 1420. The Morgan fingerprint density at radius 3 is 1.05 bits per heavy atom. The van der Waals surface area contributed by atoms with Crippen LogP contribution in [0.2, 0.25) is 0 Å². The van der Waals surface area contributed by atoms with Gasteiger partial charge in [-0.2, -0.15) is 0 Å². The Balaban J connectivity index is -0.0000259. The standard InChI is InChI=1S/C59H106N2O12.2ClH/c1-3-5-7-27-37-52(72-58(66)45-35-43-56(64)70-50-47-60)39-29-21-15-9-11-17-23-31-41-54(62)68-48-33-25-19-13-14-20-26-34-49-69-55(63)42-32-24-18-12-10-16-22-30-40-53(38-28-8-6-4-2)73-59(67)46-36-44-57(65)71-51-61;;/h21-22,29-30,52-53H,3-20,23-28,31-51,60-61H2,1-2H3;2*1H/p-2/b29-21-,30-22-;;. The molecule has 0 aliphatic rings. The van der Waals surface area contributed by atoms with Gasteiger partial charge in [0.1, 0.15) is 25.5 Å². The van der Waals surface area contributed by atoms with Crippen LogP contribution in [0, 0.1) is 0 Å². The molecule has 2 unspecified atom stereocenters. The van der Waals surface area contributed by atoms with Gasteiger partial charge in [-0.05, 0) is 89.9 Å². The van der Waals surface area contributed by atoms with Gasteiger partial charge in [-0.15, -0.1) is 0 Å². The summed E-state index contributed by atoms with van der Waals surface area (Å²) >= 11 is 0. The number of halogens is 2. The van der Waals surface area contributed by atoms with Crippen LogP contribution < -0.4 is 36.3 Å². The minimum absolute atomic E-state index is 0. The first-order chi connectivity index (χ1) is 35.6. The van der Waals surface area contributed by atoms with Crippen molar-refractivity contribution in [1.82, 2.24) is 0 Å². The minimum atomic E-state index is -0.396. The number of ether oxygens (including phenoxy) is 6. The summed E-state index contributed by atoms with van der Waals surface area (Å²) in [5.74, 6) is -1.44. The lowest BCUT2D eigenvalue weighted by atomic mass is 10.1. The van der Waals surface area contributed by atoms with E-state index < -0.39 is 5.97 Å². The number of carbonyl (C=O) groups excluding carboxylic acids is 6. The number of rotatable bonds is 54. The molecule has 0 bridgehead atoms. The van der Waals surface area contributed by atoms with E-state index in [1.54, 1.807) is 0 Å². The minimum Gasteiger partial charge on any atom is -1.00 e. The average Bonchev–Trinajstić information content (AvgIpc) is 3.37. The summed E-state index contributed by atoms with van der Waals surface area (Å²) in [5.41, 5.74) is 10.6. The summed E-state index contributed by atoms with van der Waals surface area (Å²) in [6.07, 6.45) is 43.9. The van der Waals surface area contributed by atoms with Crippen molar-refractivity contribution in [1.29, 1.82) is 0 Å². The highest BCUT2D eigenvalue weighted by Gasteiger charge is 2.16. The van der Waals surface area contributed by atoms with Crippen LogP contribution in [-0.2, 0) is 57.2 Å². The number of carbonyl (C=O) groups is 6. The molecular formula is C59H106Cl2N2O12-2. The molecule has 0 aliphatic heterocycles. The molecule has 0 spiro atoms. The highest BCUT2D eigenvalue weighted by atomic mass is 35.5. The first-order valence-electron chi connectivity index (χ1n) is 29.4. The van der Waals surface area contributed by atoms with Crippen LogP contribution in [-0.4, -0.2) is 81.1 Å². The molecule has 2 atom stereocenters. The van der Waals surface area contributed by atoms with Crippen LogP contribution in [0.1, 0.15) is 271 Å². The molecule has 0 aromatic heterocycles. The van der Waals surface area contributed by atoms with Gasteiger partial charge in [0.15, 0.2) is 0 Å². The lowest BCUT2D eigenvalue weighted by Gasteiger charge is -2.16. The molecule has 16 heteroatoms. The molecular weight excluding hydrogens is 1000 g/mol. The van der Waals surface area contributed by atoms with E-state index in [-0.39, 0.29) is 106 Å². The summed E-state index contributed by atoms with van der Waals surface area (Å²) in [4.78, 5) is 72.3. The van der Waals surface area contributed by atoms with E-state index in [4.69, 9.17) is 39.9 Å². The zero-order valence-electron chi connectivity index (χ0n) is 47.1. The molecule has 0 radical (unpaired) electrons. The predicted octanol–water partition coefficient (Wildman–Crippen LogP) is 7.62. The number of esters is 6. The second-order valence-electron chi connectivity index (χ2n) is 19.6. The molecule has 0 saturated carbocycles. The van der Waals surface area contributed by atoms with E-state index in [1.807, 2.05) is 0 Å². The van der Waals surface area contributed by atoms with Gasteiger partial charge in [-0.25, -0.2) is 0 Å². The third-order valence-electron chi connectivity index (χ3n) is 12.7. The Kier molecular flexibility index (Phi) is 60.9. The lowest BCUT2D eigenvalue weighted by Crippen LogP contribution is -3.00. The molecule has 0 aromatic rings. The second kappa shape index (κ2) is 60.0. The number of nitrogens with two attached hydrogens (primary N) is 2. The van der Waals surface area contributed by atoms with Crippen molar-refractivity contribution in [2.24, 2.45) is 11.5 Å². The van der Waals surface area contributed by atoms with Crippen molar-refractivity contribution in [2.45, 2.75) is 283 Å². The third kappa shape index (κ3) is 56.8. The molecule has 0 saturated heterocycles. The number of unbranched alkanes of at least 4 members (excludes halogenated alkanes) is 23. The number of allylic oxidation sites excluding steroid dienone is 2. The fourth-order valence-corrected chi connectivity index (χ4v) is 8.34. The van der Waals surface area contributed by atoms with E-state index in [2.05, 4.69) is 38.2 Å². The zero-order chi connectivity index (χ0) is 53.5. The Hall–Kier alpha value is -3.20. The van der Waals surface area contributed by atoms with E-state index in [0.29, 0.717) is 58.3 Å². The summed E-state index contributed by atoms with van der Waals surface area (Å²) in [6, 6.07) is 0. The molecule has 14 nitrogen and oxygen atoms in total. The van der Waals surface area contributed by atoms with E-state index >= 15 is 0 Å². The maximum Gasteiger partial charge on any atom is 0.307 e. The zero-order valence-corrected chi connectivity index (χ0v) is 48.6. The van der Waals surface area contributed by atoms with Gasteiger partial charge in [0.05, 0.1) is 13.2 Å². The largest absolute Gasteiger partial charge is 1.00 e. The Morgan fingerprint density at radius 1 is 0.347 bits per heavy atom. The Labute approximate surface area is 467 Å². The van der Waals surface area contributed by atoms with Crippen molar-refractivity contribution >= 4 is 35.8 Å². The van der Waals surface area contributed by atoms with Crippen molar-refractivity contribution < 1.29 is 82.0 Å². The smallest absolute Gasteiger partial charge is 0.307 e. The van der Waals surface area contributed by atoms with E-state index in [1.165, 1.54) is 25.7 Å². The number of hydrogen-bond donors (Lipinski definition) is 2. The first kappa shape index (κ1) is 76.0. The van der Waals surface area contributed by atoms with Gasteiger partial charge in [-0.3, -0.25) is 34.5 Å². The van der Waals surface area contributed by atoms with Crippen LogP contribution in [0.4, 0.5) is 0 Å². The van der Waals surface area contributed by atoms with Crippen molar-refractivity contribution in [3.05, 3.63) is 24.3 Å². The van der Waals surface area contributed by atoms with Crippen LogP contribution in [0.15, 0.2) is 24.3 Å². The second-order valence-corrected chi connectivity index (χ2v) is 19.6. The van der Waals surface area contributed by atoms with Crippen LogP contribution in [0.25, 0.3) is 0 Å². The maximum absolute atomic E-state index is 12.4. The van der Waals surface area contributed by atoms with Crippen molar-refractivity contribution in [3.63, 3.8) is 0 Å². The fourth-order valence-electron chi connectivity index (χ4n) is 8.34. The molecule has 0 fully saturated rings. The predicted molar refractivity (Wildman–Crippen MR) is 291 cm³/mol. The molecule has 0 amide bonds. The van der Waals surface area contributed by atoms with Crippen LogP contribution >= 0.6 is 0 Å². The van der Waals surface area contributed by atoms with Gasteiger partial charge in [0, 0.05) is 57.9 Å². The fraction of sp³-hybridized carbons (Fsp3) is 0.831. The summed E-state index contributed by atoms with van der Waals surface area (Å²) < 4.78 is 32.1. The van der Waals surface area contributed by atoms with Crippen LogP contribution in [0.5, 0.6) is 0 Å². The van der Waals surface area contributed by atoms with E-state index in [9.17, 15) is 28.8 Å². The summed E-state index contributed by atoms with van der Waals surface area (Å²) in [5, 5.41) is 0. The SMILES string of the molecule is CCCCCCC(C/C=C\CCCCCCCC(=O)OCCCCCCCCCCOC(=O)CCCCCCC/C=C\CC(CCCCCC)OC(=O)CCCC(=O)OCCN)OC(=O)CCCC(=O)OCN.[Cl-].[Cl-]. The number of hydrogen-bond acceptors (Lipinski definition) is 14. The molecule has 0 rings (SSSR count). The average molecular weight is 1110 g/mol. The molecule has 440 valence electrons. The van der Waals surface area contributed by atoms with Crippen molar-refractivity contribution in [2.75, 3.05) is 33.1 Å². The van der Waals surface area contributed by atoms with E-state index in [0.717, 1.165) is 167 Å². The summed E-state index contributed by atoms with van der Waals surface area (Å²) in [7, 11) is 0. The van der Waals surface area contributed by atoms with Gasteiger partial charge in [0.2, 0.25) is 0 Å². The first-order valence-corrected chi connectivity index (χ1v) is 29.4. The van der Waals surface area contributed by atoms with Gasteiger partial charge < -0.3 is 59.0 Å². The third-order valence-corrected chi connectivity index (χ3v) is 12.7. The topological polar surface area (TPSA) is 210 Å². The lowest BCUT2D eigenvalue weighted by molar-refractivity contribution is -0.151. The van der Waals surface area contributed by atoms with Gasteiger partial charge >= 0.3 is 35.8 Å². The Morgan fingerprint density at radius 2 is 0.667 bits per heavy atom. The monoisotopic (exact) mass is 1100 g/mol. The molecule has 4 N–H and O–H groups in total. The highest BCUT2D eigenvalue weighted by molar-refractivity contribution is 5.73. The molecule has 75 heavy (non-hydrogen) atoms.